The van der Waals surface area contributed by atoms with Gasteiger partial charge in [-0.2, -0.15) is 0 Å². The van der Waals surface area contributed by atoms with Gasteiger partial charge in [0, 0.05) is 24.6 Å². The van der Waals surface area contributed by atoms with Crippen molar-refractivity contribution in [2.75, 3.05) is 11.4 Å². The van der Waals surface area contributed by atoms with E-state index in [0.717, 1.165) is 17.7 Å². The van der Waals surface area contributed by atoms with E-state index < -0.39 is 12.1 Å². The fraction of sp³-hybridized carbons (Fsp3) is 0.235. The van der Waals surface area contributed by atoms with Gasteiger partial charge in [0.15, 0.2) is 6.10 Å². The summed E-state index contributed by atoms with van der Waals surface area (Å²) in [7, 11) is 0. The van der Waals surface area contributed by atoms with Crippen LogP contribution in [0, 0.1) is 0 Å². The normalized spacial score (nSPS) is 14.3. The molecule has 0 saturated heterocycles. The van der Waals surface area contributed by atoms with Crippen LogP contribution in [0.15, 0.2) is 48.8 Å². The van der Waals surface area contributed by atoms with E-state index in [1.165, 1.54) is 12.4 Å². The first-order valence-electron chi connectivity index (χ1n) is 7.17. The van der Waals surface area contributed by atoms with Crippen LogP contribution >= 0.6 is 0 Å². The molecule has 1 aromatic carbocycles. The van der Waals surface area contributed by atoms with Crippen molar-refractivity contribution >= 4 is 17.6 Å². The lowest BCUT2D eigenvalue weighted by atomic mass is 10.2. The fourth-order valence-electron chi connectivity index (χ4n) is 2.55. The van der Waals surface area contributed by atoms with Crippen LogP contribution in [0.5, 0.6) is 0 Å². The van der Waals surface area contributed by atoms with E-state index in [9.17, 15) is 9.59 Å². The molecule has 1 atom stereocenters. The van der Waals surface area contributed by atoms with Crippen LogP contribution < -0.4 is 4.90 Å². The van der Waals surface area contributed by atoms with Crippen molar-refractivity contribution in [2.24, 2.45) is 0 Å². The summed E-state index contributed by atoms with van der Waals surface area (Å²) in [4.78, 5) is 30.0. The number of benzene rings is 1. The maximum absolute atomic E-state index is 12.5. The fourth-order valence-corrected chi connectivity index (χ4v) is 2.55. The molecule has 22 heavy (non-hydrogen) atoms. The lowest BCUT2D eigenvalue weighted by Crippen LogP contribution is -2.39. The van der Waals surface area contributed by atoms with Crippen LogP contribution in [-0.4, -0.2) is 29.5 Å². The molecule has 5 nitrogen and oxygen atoms in total. The standard InChI is InChI=1S/C17H16N2O3/c1-12(22-17(21)14-6-9-18-10-7-14)16(20)19-11-8-13-4-2-3-5-15(13)19/h2-7,9-10,12H,8,11H2,1H3/t12-/m1/s1. The molecule has 0 aliphatic carbocycles. The van der Waals surface area contributed by atoms with E-state index in [4.69, 9.17) is 4.74 Å². The molecule has 112 valence electrons. The Labute approximate surface area is 128 Å². The van der Waals surface area contributed by atoms with Crippen LogP contribution in [-0.2, 0) is 16.0 Å². The van der Waals surface area contributed by atoms with E-state index in [-0.39, 0.29) is 5.91 Å². The van der Waals surface area contributed by atoms with Crippen molar-refractivity contribution in [1.29, 1.82) is 0 Å². The Balaban J connectivity index is 1.70. The minimum atomic E-state index is -0.827. The predicted octanol–water partition coefficient (Wildman–Crippen LogP) is 2.22. The predicted molar refractivity (Wildman–Crippen MR) is 81.6 cm³/mol. The van der Waals surface area contributed by atoms with Crippen molar-refractivity contribution in [1.82, 2.24) is 4.98 Å². The smallest absolute Gasteiger partial charge is 0.339 e. The lowest BCUT2D eigenvalue weighted by Gasteiger charge is -2.21. The maximum Gasteiger partial charge on any atom is 0.339 e. The highest BCUT2D eigenvalue weighted by molar-refractivity contribution is 6.00. The van der Waals surface area contributed by atoms with Crippen LogP contribution in [0.1, 0.15) is 22.8 Å². The summed E-state index contributed by atoms with van der Waals surface area (Å²) < 4.78 is 5.27. The molecular weight excluding hydrogens is 280 g/mol. The molecule has 5 heteroatoms. The van der Waals surface area contributed by atoms with Gasteiger partial charge >= 0.3 is 5.97 Å². The molecule has 1 aromatic heterocycles. The van der Waals surface area contributed by atoms with E-state index in [0.29, 0.717) is 12.1 Å². The number of fused-ring (bicyclic) bond motifs is 1. The molecular formula is C17H16N2O3. The zero-order valence-corrected chi connectivity index (χ0v) is 12.2. The van der Waals surface area contributed by atoms with Gasteiger partial charge in [-0.1, -0.05) is 18.2 Å². The topological polar surface area (TPSA) is 59.5 Å². The zero-order valence-electron chi connectivity index (χ0n) is 12.2. The summed E-state index contributed by atoms with van der Waals surface area (Å²) in [5.74, 6) is -0.719. The van der Waals surface area contributed by atoms with Gasteiger partial charge in [-0.3, -0.25) is 9.78 Å². The number of rotatable bonds is 3. The third-order valence-corrected chi connectivity index (χ3v) is 3.70. The second-order valence-corrected chi connectivity index (χ2v) is 5.15. The molecule has 0 N–H and O–H groups in total. The summed E-state index contributed by atoms with van der Waals surface area (Å²) in [6.45, 7) is 2.22. The number of nitrogens with zero attached hydrogens (tertiary/aromatic N) is 2. The second kappa shape index (κ2) is 5.97. The largest absolute Gasteiger partial charge is 0.449 e. The average Bonchev–Trinajstić information content (AvgIpc) is 2.99. The van der Waals surface area contributed by atoms with Crippen LogP contribution in [0.2, 0.25) is 0 Å². The van der Waals surface area contributed by atoms with Gasteiger partial charge in [0.25, 0.3) is 5.91 Å². The monoisotopic (exact) mass is 296 g/mol. The molecule has 0 bridgehead atoms. The maximum atomic E-state index is 12.5. The van der Waals surface area contributed by atoms with Gasteiger partial charge < -0.3 is 9.64 Å². The van der Waals surface area contributed by atoms with E-state index in [1.807, 2.05) is 24.3 Å². The Kier molecular flexibility index (Phi) is 3.87. The van der Waals surface area contributed by atoms with Crippen molar-refractivity contribution in [3.05, 3.63) is 59.9 Å². The van der Waals surface area contributed by atoms with Crippen molar-refractivity contribution in [3.63, 3.8) is 0 Å². The van der Waals surface area contributed by atoms with Crippen molar-refractivity contribution in [2.45, 2.75) is 19.4 Å². The number of aromatic nitrogens is 1. The Bertz CT molecular complexity index is 700. The van der Waals surface area contributed by atoms with Crippen LogP contribution in [0.4, 0.5) is 5.69 Å². The molecule has 1 amide bonds. The van der Waals surface area contributed by atoms with Crippen molar-refractivity contribution in [3.8, 4) is 0 Å². The summed E-state index contributed by atoms with van der Waals surface area (Å²) >= 11 is 0. The molecule has 0 unspecified atom stereocenters. The van der Waals surface area contributed by atoms with Gasteiger partial charge in [0.1, 0.15) is 0 Å². The number of para-hydroxylation sites is 1. The first-order valence-corrected chi connectivity index (χ1v) is 7.17. The van der Waals surface area contributed by atoms with Gasteiger partial charge in [0.05, 0.1) is 5.56 Å². The van der Waals surface area contributed by atoms with E-state index in [1.54, 1.807) is 24.0 Å². The van der Waals surface area contributed by atoms with E-state index in [2.05, 4.69) is 4.98 Å². The number of amides is 1. The Hall–Kier alpha value is -2.69. The zero-order chi connectivity index (χ0) is 15.5. The van der Waals surface area contributed by atoms with Crippen LogP contribution in [0.25, 0.3) is 0 Å². The Morgan fingerprint density at radius 3 is 2.68 bits per heavy atom. The number of carbonyl (C=O) groups excluding carboxylic acids is 2. The highest BCUT2D eigenvalue weighted by Gasteiger charge is 2.29. The molecule has 0 fully saturated rings. The van der Waals surface area contributed by atoms with Gasteiger partial charge in [-0.05, 0) is 37.1 Å². The number of pyridine rings is 1. The SMILES string of the molecule is C[C@@H](OC(=O)c1ccncc1)C(=O)N1CCc2ccccc21. The minimum Gasteiger partial charge on any atom is -0.449 e. The minimum absolute atomic E-state index is 0.202. The Morgan fingerprint density at radius 1 is 1.18 bits per heavy atom. The molecule has 0 saturated carbocycles. The highest BCUT2D eigenvalue weighted by atomic mass is 16.5. The average molecular weight is 296 g/mol. The second-order valence-electron chi connectivity index (χ2n) is 5.15. The number of esters is 1. The number of anilines is 1. The molecule has 2 heterocycles. The van der Waals surface area contributed by atoms with Gasteiger partial charge in [-0.15, -0.1) is 0 Å². The molecule has 3 rings (SSSR count). The summed E-state index contributed by atoms with van der Waals surface area (Å²) in [5.41, 5.74) is 2.43. The van der Waals surface area contributed by atoms with Crippen molar-refractivity contribution < 1.29 is 14.3 Å². The third-order valence-electron chi connectivity index (χ3n) is 3.70. The first kappa shape index (κ1) is 14.3. The number of hydrogen-bond donors (Lipinski definition) is 0. The third kappa shape index (κ3) is 2.70. The lowest BCUT2D eigenvalue weighted by molar-refractivity contribution is -0.126. The molecule has 1 aliphatic heterocycles. The summed E-state index contributed by atoms with van der Waals surface area (Å²) in [6.07, 6.45) is 3.03. The first-order chi connectivity index (χ1) is 10.7. The molecule has 2 aromatic rings. The quantitative estimate of drug-likeness (QED) is 0.815. The molecule has 1 aliphatic rings. The number of ether oxygens (including phenoxy) is 1. The Morgan fingerprint density at radius 2 is 1.91 bits per heavy atom. The summed E-state index contributed by atoms with van der Waals surface area (Å²) in [5, 5.41) is 0. The summed E-state index contributed by atoms with van der Waals surface area (Å²) in [6, 6.07) is 10.9. The molecule has 0 radical (unpaired) electrons. The highest BCUT2D eigenvalue weighted by Crippen LogP contribution is 2.28. The van der Waals surface area contributed by atoms with Gasteiger partial charge in [0.2, 0.25) is 0 Å². The number of hydrogen-bond acceptors (Lipinski definition) is 4. The van der Waals surface area contributed by atoms with Crippen LogP contribution in [0.3, 0.4) is 0 Å². The van der Waals surface area contributed by atoms with E-state index >= 15 is 0 Å². The van der Waals surface area contributed by atoms with Gasteiger partial charge in [-0.25, -0.2) is 4.79 Å². The molecule has 0 spiro atoms. The number of carbonyl (C=O) groups is 2.